The maximum atomic E-state index is 11.3. The molecule has 1 aliphatic heterocycles. The fourth-order valence-electron chi connectivity index (χ4n) is 2.11. The molecule has 0 spiro atoms. The summed E-state index contributed by atoms with van der Waals surface area (Å²) in [7, 11) is 0. The van der Waals surface area contributed by atoms with Gasteiger partial charge in [-0.15, -0.1) is 0 Å². The van der Waals surface area contributed by atoms with Gasteiger partial charge in [0.15, 0.2) is 0 Å². The maximum Gasteiger partial charge on any atom is 0.221 e. The third kappa shape index (κ3) is 1.31. The largest absolute Gasteiger partial charge is 0.353 e. The Bertz CT molecular complexity index is 347. The summed E-state index contributed by atoms with van der Waals surface area (Å²) in [6, 6.07) is 10.5. The zero-order chi connectivity index (χ0) is 10.2. The number of benzene rings is 1. The van der Waals surface area contributed by atoms with Crippen LogP contribution in [0.5, 0.6) is 0 Å². The molecule has 2 unspecified atom stereocenters. The van der Waals surface area contributed by atoms with Crippen LogP contribution in [0.15, 0.2) is 30.3 Å². The third-order valence-corrected chi connectivity index (χ3v) is 3.29. The van der Waals surface area contributed by atoms with E-state index in [-0.39, 0.29) is 17.4 Å². The molecule has 2 heteroatoms. The first-order valence-corrected chi connectivity index (χ1v) is 4.98. The highest BCUT2D eigenvalue weighted by atomic mass is 16.2. The summed E-state index contributed by atoms with van der Waals surface area (Å²) in [5.74, 6) is 0.156. The number of carbonyl (C=O) groups is 1. The van der Waals surface area contributed by atoms with Gasteiger partial charge in [0.1, 0.15) is 0 Å². The van der Waals surface area contributed by atoms with Crippen molar-refractivity contribution < 1.29 is 4.79 Å². The van der Waals surface area contributed by atoms with E-state index in [0.29, 0.717) is 6.42 Å². The van der Waals surface area contributed by atoms with Crippen LogP contribution in [0.1, 0.15) is 25.8 Å². The number of rotatable bonds is 1. The van der Waals surface area contributed by atoms with Crippen molar-refractivity contribution in [2.75, 3.05) is 0 Å². The zero-order valence-electron chi connectivity index (χ0n) is 8.58. The highest BCUT2D eigenvalue weighted by Gasteiger charge is 2.41. The monoisotopic (exact) mass is 189 g/mol. The molecule has 0 saturated carbocycles. The normalized spacial score (nSPS) is 31.6. The van der Waals surface area contributed by atoms with Gasteiger partial charge in [-0.25, -0.2) is 0 Å². The second-order valence-electron chi connectivity index (χ2n) is 4.25. The van der Waals surface area contributed by atoms with Crippen LogP contribution in [0, 0.1) is 0 Å². The fraction of sp³-hybridized carbons (Fsp3) is 0.417. The van der Waals surface area contributed by atoms with Crippen LogP contribution < -0.4 is 5.32 Å². The topological polar surface area (TPSA) is 29.1 Å². The third-order valence-electron chi connectivity index (χ3n) is 3.29. The van der Waals surface area contributed by atoms with Gasteiger partial charge in [-0.2, -0.15) is 0 Å². The average molecular weight is 189 g/mol. The Hall–Kier alpha value is -1.31. The minimum Gasteiger partial charge on any atom is -0.353 e. The number of carbonyl (C=O) groups excluding carboxylic acids is 1. The minimum absolute atomic E-state index is 0.0433. The lowest BCUT2D eigenvalue weighted by atomic mass is 9.77. The highest BCUT2D eigenvalue weighted by Crippen LogP contribution is 2.35. The second kappa shape index (κ2) is 3.12. The van der Waals surface area contributed by atoms with Crippen LogP contribution in [0.2, 0.25) is 0 Å². The van der Waals surface area contributed by atoms with Gasteiger partial charge in [0.05, 0.1) is 0 Å². The number of hydrogen-bond acceptors (Lipinski definition) is 1. The molecule has 2 atom stereocenters. The van der Waals surface area contributed by atoms with E-state index >= 15 is 0 Å². The molecule has 1 saturated heterocycles. The lowest BCUT2D eigenvalue weighted by Crippen LogP contribution is -2.35. The van der Waals surface area contributed by atoms with Crippen molar-refractivity contribution in [1.82, 2.24) is 5.32 Å². The molecule has 0 bridgehead atoms. The molecule has 1 heterocycles. The van der Waals surface area contributed by atoms with Gasteiger partial charge in [0, 0.05) is 17.9 Å². The summed E-state index contributed by atoms with van der Waals surface area (Å²) >= 11 is 0. The Morgan fingerprint density at radius 3 is 2.50 bits per heavy atom. The molecule has 1 aromatic rings. The smallest absolute Gasteiger partial charge is 0.221 e. The Balaban J connectivity index is 2.38. The van der Waals surface area contributed by atoms with Crippen LogP contribution in [-0.2, 0) is 10.2 Å². The van der Waals surface area contributed by atoms with Crippen LogP contribution in [0.3, 0.4) is 0 Å². The van der Waals surface area contributed by atoms with E-state index in [4.69, 9.17) is 0 Å². The quantitative estimate of drug-likeness (QED) is 0.717. The van der Waals surface area contributed by atoms with Gasteiger partial charge < -0.3 is 5.32 Å². The predicted octanol–water partition coefficient (Wildman–Crippen LogP) is 1.85. The SMILES string of the molecule is CC1NC(=O)CC1(C)c1ccccc1. The lowest BCUT2D eigenvalue weighted by molar-refractivity contribution is -0.119. The number of amides is 1. The molecule has 2 nitrogen and oxygen atoms in total. The molecule has 74 valence electrons. The Labute approximate surface area is 84.3 Å². The maximum absolute atomic E-state index is 11.3. The summed E-state index contributed by atoms with van der Waals surface area (Å²) in [5, 5.41) is 2.97. The molecule has 1 N–H and O–H groups in total. The summed E-state index contributed by atoms with van der Waals surface area (Å²) in [4.78, 5) is 11.3. The van der Waals surface area contributed by atoms with E-state index in [1.54, 1.807) is 0 Å². The predicted molar refractivity (Wildman–Crippen MR) is 56.0 cm³/mol. The molecule has 1 aromatic carbocycles. The standard InChI is InChI=1S/C12H15NO/c1-9-12(2,8-11(14)13-9)10-6-4-3-5-7-10/h3-7,9H,8H2,1-2H3,(H,13,14). The van der Waals surface area contributed by atoms with Gasteiger partial charge in [0.2, 0.25) is 5.91 Å². The molecular formula is C12H15NO. The van der Waals surface area contributed by atoms with Gasteiger partial charge in [-0.3, -0.25) is 4.79 Å². The van der Waals surface area contributed by atoms with Crippen molar-refractivity contribution in [2.24, 2.45) is 0 Å². The summed E-state index contributed by atoms with van der Waals surface area (Å²) in [6.07, 6.45) is 0.595. The van der Waals surface area contributed by atoms with E-state index in [1.807, 2.05) is 18.2 Å². The van der Waals surface area contributed by atoms with Crippen LogP contribution in [0.4, 0.5) is 0 Å². The average Bonchev–Trinajstić information content (AvgIpc) is 2.43. The fourth-order valence-corrected chi connectivity index (χ4v) is 2.11. The first-order valence-electron chi connectivity index (χ1n) is 4.98. The van der Waals surface area contributed by atoms with E-state index in [1.165, 1.54) is 5.56 Å². The van der Waals surface area contributed by atoms with E-state index in [9.17, 15) is 4.79 Å². The summed E-state index contributed by atoms with van der Waals surface area (Å²) in [6.45, 7) is 4.21. The molecule has 0 radical (unpaired) electrons. The van der Waals surface area contributed by atoms with Gasteiger partial charge >= 0.3 is 0 Å². The second-order valence-corrected chi connectivity index (χ2v) is 4.25. The Kier molecular flexibility index (Phi) is 2.06. The first kappa shape index (κ1) is 9.25. The molecule has 1 aliphatic rings. The van der Waals surface area contributed by atoms with Crippen molar-refractivity contribution in [3.63, 3.8) is 0 Å². The molecule has 1 fully saturated rings. The van der Waals surface area contributed by atoms with Crippen LogP contribution >= 0.6 is 0 Å². The molecule has 0 aliphatic carbocycles. The van der Waals surface area contributed by atoms with Crippen molar-refractivity contribution in [3.8, 4) is 0 Å². The highest BCUT2D eigenvalue weighted by molar-refractivity contribution is 5.81. The van der Waals surface area contributed by atoms with Crippen LogP contribution in [0.25, 0.3) is 0 Å². The van der Waals surface area contributed by atoms with Crippen molar-refractivity contribution in [3.05, 3.63) is 35.9 Å². The van der Waals surface area contributed by atoms with Crippen molar-refractivity contribution in [2.45, 2.75) is 31.7 Å². The van der Waals surface area contributed by atoms with E-state index in [0.717, 1.165) is 0 Å². The molecule has 14 heavy (non-hydrogen) atoms. The Morgan fingerprint density at radius 1 is 1.36 bits per heavy atom. The number of nitrogens with one attached hydrogen (secondary N) is 1. The van der Waals surface area contributed by atoms with E-state index in [2.05, 4.69) is 31.3 Å². The molecule has 2 rings (SSSR count). The first-order chi connectivity index (χ1) is 6.63. The summed E-state index contributed by atoms with van der Waals surface area (Å²) in [5.41, 5.74) is 1.20. The Morgan fingerprint density at radius 2 is 2.00 bits per heavy atom. The molecule has 0 aromatic heterocycles. The van der Waals surface area contributed by atoms with E-state index < -0.39 is 0 Å². The van der Waals surface area contributed by atoms with Gasteiger partial charge in [-0.1, -0.05) is 37.3 Å². The lowest BCUT2D eigenvalue weighted by Gasteiger charge is -2.27. The minimum atomic E-state index is -0.0433. The van der Waals surface area contributed by atoms with Gasteiger partial charge in [-0.05, 0) is 12.5 Å². The van der Waals surface area contributed by atoms with Crippen molar-refractivity contribution >= 4 is 5.91 Å². The summed E-state index contributed by atoms with van der Waals surface area (Å²) < 4.78 is 0. The van der Waals surface area contributed by atoms with Gasteiger partial charge in [0.25, 0.3) is 0 Å². The zero-order valence-corrected chi connectivity index (χ0v) is 8.58. The molecule has 1 amide bonds. The molecular weight excluding hydrogens is 174 g/mol. The van der Waals surface area contributed by atoms with Crippen molar-refractivity contribution in [1.29, 1.82) is 0 Å². The van der Waals surface area contributed by atoms with Crippen LogP contribution in [-0.4, -0.2) is 11.9 Å². The number of hydrogen-bond donors (Lipinski definition) is 1.